The van der Waals surface area contributed by atoms with E-state index >= 15 is 0 Å². The summed E-state index contributed by atoms with van der Waals surface area (Å²) in [5.74, 6) is 0.864. The van der Waals surface area contributed by atoms with Gasteiger partial charge in [-0.1, -0.05) is 6.07 Å². The van der Waals surface area contributed by atoms with Crippen LogP contribution in [-0.2, 0) is 0 Å². The van der Waals surface area contributed by atoms with Crippen molar-refractivity contribution in [1.82, 2.24) is 19.5 Å². The van der Waals surface area contributed by atoms with Crippen LogP contribution in [0.1, 0.15) is 5.37 Å². The van der Waals surface area contributed by atoms with E-state index in [9.17, 15) is 15.3 Å². The van der Waals surface area contributed by atoms with Gasteiger partial charge in [0.15, 0.2) is 22.8 Å². The molecule has 0 unspecified atom stereocenters. The third-order valence-corrected chi connectivity index (χ3v) is 6.43. The van der Waals surface area contributed by atoms with Gasteiger partial charge in [-0.25, -0.2) is 15.0 Å². The van der Waals surface area contributed by atoms with Crippen LogP contribution in [-0.4, -0.2) is 58.9 Å². The van der Waals surface area contributed by atoms with E-state index < -0.39 is 22.8 Å². The van der Waals surface area contributed by atoms with Gasteiger partial charge >= 0.3 is 0 Å². The first-order chi connectivity index (χ1) is 11.6. The number of nitrogens with zero attached hydrogens (tertiary/aromatic N) is 4. The van der Waals surface area contributed by atoms with Crippen molar-refractivity contribution in [3.8, 4) is 10.7 Å². The zero-order valence-corrected chi connectivity index (χ0v) is 14.0. The average Bonchev–Trinajstić information content (AvgIpc) is 3.27. The van der Waals surface area contributed by atoms with E-state index in [-0.39, 0.29) is 12.4 Å². The van der Waals surface area contributed by atoms with Crippen LogP contribution < -0.4 is 5.73 Å². The van der Waals surface area contributed by atoms with Crippen molar-refractivity contribution < 1.29 is 15.3 Å². The number of anilines is 1. The molecule has 0 radical (unpaired) electrons. The molecule has 1 saturated heterocycles. The Labute approximate surface area is 145 Å². The normalized spacial score (nSPS) is 27.1. The topological polar surface area (TPSA) is 130 Å². The summed E-state index contributed by atoms with van der Waals surface area (Å²) in [4.78, 5) is 13.7. The molecule has 0 bridgehead atoms. The minimum atomic E-state index is -1.06. The SMILES string of the molecule is Nc1ncnc2c1nc(-c1cccs1)n2[C@@H]1S[C@H](CO)[C@@H](O)[C@H]1O. The predicted octanol–water partition coefficient (Wildman–Crippen LogP) is 0.465. The quantitative estimate of drug-likeness (QED) is 0.527. The molecule has 0 amide bonds. The third-order valence-electron chi connectivity index (χ3n) is 4.02. The van der Waals surface area contributed by atoms with E-state index in [1.165, 1.54) is 29.4 Å². The van der Waals surface area contributed by atoms with Crippen molar-refractivity contribution in [2.75, 3.05) is 12.3 Å². The van der Waals surface area contributed by atoms with Crippen molar-refractivity contribution >= 4 is 40.1 Å². The first-order valence-electron chi connectivity index (χ1n) is 7.26. The molecule has 5 N–H and O–H groups in total. The van der Waals surface area contributed by atoms with Gasteiger partial charge in [0.1, 0.15) is 17.8 Å². The monoisotopic (exact) mass is 365 g/mol. The van der Waals surface area contributed by atoms with Gasteiger partial charge in [0.05, 0.1) is 22.8 Å². The molecule has 0 aliphatic carbocycles. The van der Waals surface area contributed by atoms with Crippen LogP contribution in [0.2, 0.25) is 0 Å². The highest BCUT2D eigenvalue weighted by molar-refractivity contribution is 8.00. The van der Waals surface area contributed by atoms with Crippen LogP contribution in [0.25, 0.3) is 21.9 Å². The Bertz CT molecular complexity index is 869. The largest absolute Gasteiger partial charge is 0.395 e. The molecule has 126 valence electrons. The fourth-order valence-corrected chi connectivity index (χ4v) is 4.96. The summed E-state index contributed by atoms with van der Waals surface area (Å²) < 4.78 is 1.77. The van der Waals surface area contributed by atoms with E-state index in [0.29, 0.717) is 17.0 Å². The van der Waals surface area contributed by atoms with E-state index in [2.05, 4.69) is 15.0 Å². The van der Waals surface area contributed by atoms with Crippen LogP contribution in [0.3, 0.4) is 0 Å². The lowest BCUT2D eigenvalue weighted by Crippen LogP contribution is -2.33. The van der Waals surface area contributed by atoms with Crippen molar-refractivity contribution in [2.24, 2.45) is 0 Å². The minimum absolute atomic E-state index is 0.225. The van der Waals surface area contributed by atoms with Crippen molar-refractivity contribution in [3.63, 3.8) is 0 Å². The Hall–Kier alpha value is -1.72. The lowest BCUT2D eigenvalue weighted by Gasteiger charge is -2.19. The van der Waals surface area contributed by atoms with Gasteiger partial charge in [-0.3, -0.25) is 4.57 Å². The maximum Gasteiger partial charge on any atom is 0.167 e. The molecule has 0 aromatic carbocycles. The molecule has 1 aliphatic rings. The van der Waals surface area contributed by atoms with E-state index in [1.807, 2.05) is 17.5 Å². The zero-order chi connectivity index (χ0) is 16.8. The molecule has 10 heteroatoms. The summed E-state index contributed by atoms with van der Waals surface area (Å²) in [7, 11) is 0. The Kier molecular flexibility index (Phi) is 3.93. The molecule has 1 fully saturated rings. The van der Waals surface area contributed by atoms with Crippen molar-refractivity contribution in [3.05, 3.63) is 23.8 Å². The third kappa shape index (κ3) is 2.30. The summed E-state index contributed by atoms with van der Waals surface area (Å²) in [6.45, 7) is -0.225. The number of thioether (sulfide) groups is 1. The zero-order valence-electron chi connectivity index (χ0n) is 12.4. The number of aromatic nitrogens is 4. The number of aliphatic hydroxyl groups excluding tert-OH is 3. The summed E-state index contributed by atoms with van der Waals surface area (Å²) in [5, 5.41) is 31.0. The number of aliphatic hydroxyl groups is 3. The Morgan fingerprint density at radius 1 is 1.25 bits per heavy atom. The number of thiophene rings is 1. The Morgan fingerprint density at radius 3 is 2.75 bits per heavy atom. The summed E-state index contributed by atoms with van der Waals surface area (Å²) in [6.07, 6.45) is -0.739. The second-order valence-electron chi connectivity index (χ2n) is 5.44. The van der Waals surface area contributed by atoms with Gasteiger partial charge < -0.3 is 21.1 Å². The fourth-order valence-electron chi connectivity index (χ4n) is 2.84. The lowest BCUT2D eigenvalue weighted by molar-refractivity contribution is 0.0115. The van der Waals surface area contributed by atoms with Crippen molar-refractivity contribution in [2.45, 2.75) is 22.8 Å². The molecule has 4 rings (SSSR count). The number of fused-ring (bicyclic) bond motifs is 1. The second-order valence-corrected chi connectivity index (χ2v) is 7.75. The number of rotatable bonds is 3. The number of nitrogens with two attached hydrogens (primary N) is 1. The molecule has 1 aliphatic heterocycles. The molecule has 0 spiro atoms. The van der Waals surface area contributed by atoms with Gasteiger partial charge in [-0.05, 0) is 11.4 Å². The van der Waals surface area contributed by atoms with Crippen LogP contribution in [0.5, 0.6) is 0 Å². The molecule has 4 atom stereocenters. The number of imidazole rings is 1. The van der Waals surface area contributed by atoms with Gasteiger partial charge in [0, 0.05) is 0 Å². The molecule has 4 heterocycles. The molecule has 3 aromatic rings. The minimum Gasteiger partial charge on any atom is -0.395 e. The maximum absolute atomic E-state index is 10.5. The molecule has 3 aromatic heterocycles. The van der Waals surface area contributed by atoms with Crippen LogP contribution >= 0.6 is 23.1 Å². The highest BCUT2D eigenvalue weighted by Gasteiger charge is 2.44. The fraction of sp³-hybridized carbons (Fsp3) is 0.357. The number of nitrogen functional groups attached to an aromatic ring is 1. The van der Waals surface area contributed by atoms with Crippen LogP contribution in [0.15, 0.2) is 23.8 Å². The smallest absolute Gasteiger partial charge is 0.167 e. The highest BCUT2D eigenvalue weighted by Crippen LogP contribution is 2.45. The standard InChI is InChI=1S/C14H15N5O3S2/c15-11-8-13(17-5-16-11)19(12(18-8)6-2-1-3-23-6)14-10(22)9(21)7(4-20)24-14/h1-3,5,7,9-10,14,20-22H,4H2,(H2,15,16,17)/t7-,9-,10-,14-/m1/s1. The molecule has 24 heavy (non-hydrogen) atoms. The number of hydrogen-bond donors (Lipinski definition) is 4. The van der Waals surface area contributed by atoms with Gasteiger partial charge in [-0.2, -0.15) is 0 Å². The Balaban J connectivity index is 1.94. The average molecular weight is 365 g/mol. The first kappa shape index (κ1) is 15.8. The van der Waals surface area contributed by atoms with Gasteiger partial charge in [0.2, 0.25) is 0 Å². The molecule has 0 saturated carbocycles. The van der Waals surface area contributed by atoms with Crippen LogP contribution in [0, 0.1) is 0 Å². The van der Waals surface area contributed by atoms with Gasteiger partial charge in [-0.15, -0.1) is 23.1 Å². The lowest BCUT2D eigenvalue weighted by atomic mass is 10.1. The first-order valence-corrected chi connectivity index (χ1v) is 9.08. The number of hydrogen-bond acceptors (Lipinski definition) is 9. The molecule has 8 nitrogen and oxygen atoms in total. The van der Waals surface area contributed by atoms with E-state index in [1.54, 1.807) is 4.57 Å². The highest BCUT2D eigenvalue weighted by atomic mass is 32.2. The van der Waals surface area contributed by atoms with Gasteiger partial charge in [0.25, 0.3) is 0 Å². The predicted molar refractivity (Wildman–Crippen MR) is 92.6 cm³/mol. The molecular formula is C14H15N5O3S2. The second kappa shape index (κ2) is 5.97. The Morgan fingerprint density at radius 2 is 2.08 bits per heavy atom. The summed E-state index contributed by atoms with van der Waals surface area (Å²) >= 11 is 2.80. The van der Waals surface area contributed by atoms with Crippen molar-refractivity contribution in [1.29, 1.82) is 0 Å². The van der Waals surface area contributed by atoms with E-state index in [0.717, 1.165) is 4.88 Å². The van der Waals surface area contributed by atoms with Crippen LogP contribution in [0.4, 0.5) is 5.82 Å². The summed E-state index contributed by atoms with van der Waals surface area (Å²) in [6, 6.07) is 3.82. The van der Waals surface area contributed by atoms with E-state index in [4.69, 9.17) is 5.73 Å². The maximum atomic E-state index is 10.5. The summed E-state index contributed by atoms with van der Waals surface area (Å²) in [5.41, 5.74) is 6.87. The molecular weight excluding hydrogens is 350 g/mol.